The number of aryl methyl sites for hydroxylation is 1. The smallest absolute Gasteiger partial charge is 0.378 e. The minimum absolute atomic E-state index is 0.0285. The SMILES string of the molecule is Cc1cc(F)c(N2C(=O)CN(C(=O)N3CCOCC3)C2=O)cc1S(=O)CC(F)(F)F. The van der Waals surface area contributed by atoms with Crippen molar-refractivity contribution in [3.8, 4) is 0 Å². The number of amides is 5. The van der Waals surface area contributed by atoms with Gasteiger partial charge in [0.2, 0.25) is 0 Å². The Morgan fingerprint density at radius 1 is 1.20 bits per heavy atom. The summed E-state index contributed by atoms with van der Waals surface area (Å²) in [5.41, 5.74) is -0.683. The zero-order valence-electron chi connectivity index (χ0n) is 15.7. The first-order chi connectivity index (χ1) is 14.0. The van der Waals surface area contributed by atoms with Crippen molar-refractivity contribution in [1.29, 1.82) is 0 Å². The third kappa shape index (κ3) is 4.46. The monoisotopic (exact) mass is 451 g/mol. The molecule has 0 bridgehead atoms. The van der Waals surface area contributed by atoms with E-state index < -0.39 is 58.7 Å². The molecule has 0 aliphatic carbocycles. The van der Waals surface area contributed by atoms with Gasteiger partial charge in [0.25, 0.3) is 5.91 Å². The van der Waals surface area contributed by atoms with E-state index in [0.29, 0.717) is 9.80 Å². The Morgan fingerprint density at radius 2 is 1.83 bits per heavy atom. The minimum atomic E-state index is -4.73. The number of rotatable bonds is 3. The van der Waals surface area contributed by atoms with Gasteiger partial charge in [-0.1, -0.05) is 0 Å². The van der Waals surface area contributed by atoms with Gasteiger partial charge >= 0.3 is 18.2 Å². The van der Waals surface area contributed by atoms with Crippen molar-refractivity contribution in [1.82, 2.24) is 9.80 Å². The van der Waals surface area contributed by atoms with Gasteiger partial charge in [-0.2, -0.15) is 13.2 Å². The molecule has 3 rings (SSSR count). The summed E-state index contributed by atoms with van der Waals surface area (Å²) in [4.78, 5) is 39.5. The normalized spacial score (nSPS) is 18.9. The molecule has 2 aliphatic rings. The summed E-state index contributed by atoms with van der Waals surface area (Å²) in [6, 6.07) is -0.309. The molecule has 1 unspecified atom stereocenters. The van der Waals surface area contributed by atoms with E-state index >= 15 is 0 Å². The lowest BCUT2D eigenvalue weighted by Crippen LogP contribution is -2.49. The van der Waals surface area contributed by atoms with Crippen LogP contribution in [0.15, 0.2) is 17.0 Å². The summed E-state index contributed by atoms with van der Waals surface area (Å²) in [7, 11) is -2.57. The van der Waals surface area contributed by atoms with Crippen LogP contribution in [0.3, 0.4) is 0 Å². The maximum Gasteiger partial charge on any atom is 0.400 e. The van der Waals surface area contributed by atoms with Gasteiger partial charge in [-0.3, -0.25) is 9.00 Å². The van der Waals surface area contributed by atoms with E-state index in [1.807, 2.05) is 0 Å². The Bertz CT molecular complexity index is 917. The molecule has 2 fully saturated rings. The minimum Gasteiger partial charge on any atom is -0.378 e. The van der Waals surface area contributed by atoms with Crippen molar-refractivity contribution in [3.05, 3.63) is 23.5 Å². The highest BCUT2D eigenvalue weighted by atomic mass is 32.2. The fraction of sp³-hybridized carbons (Fsp3) is 0.471. The Labute approximate surface area is 170 Å². The van der Waals surface area contributed by atoms with Gasteiger partial charge in [0.05, 0.1) is 29.7 Å². The molecular weight excluding hydrogens is 434 g/mol. The molecule has 2 heterocycles. The zero-order chi connectivity index (χ0) is 22.2. The van der Waals surface area contributed by atoms with Crippen molar-refractivity contribution < 1.29 is 40.9 Å². The standard InChI is InChI=1S/C17H17F4N3O5S/c1-10-6-11(18)12(7-13(10)30(28)9-17(19,20)21)24-14(25)8-23(16(24)27)15(26)22-2-4-29-5-3-22/h6-7H,2-5,8-9H2,1H3. The van der Waals surface area contributed by atoms with E-state index in [9.17, 15) is 36.2 Å². The maximum atomic E-state index is 14.5. The summed E-state index contributed by atoms with van der Waals surface area (Å²) in [5.74, 6) is -3.66. The second kappa shape index (κ2) is 8.30. The second-order valence-electron chi connectivity index (χ2n) is 6.65. The molecule has 0 spiro atoms. The summed E-state index contributed by atoms with van der Waals surface area (Å²) < 4.78 is 69.5. The van der Waals surface area contributed by atoms with Crippen LogP contribution in [-0.4, -0.2) is 76.8 Å². The van der Waals surface area contributed by atoms with E-state index in [-0.39, 0.29) is 36.8 Å². The number of ether oxygens (including phenoxy) is 1. The number of halogens is 4. The molecule has 13 heteroatoms. The molecule has 2 saturated heterocycles. The highest BCUT2D eigenvalue weighted by Gasteiger charge is 2.44. The van der Waals surface area contributed by atoms with Crippen molar-refractivity contribution in [2.24, 2.45) is 0 Å². The topological polar surface area (TPSA) is 87.2 Å². The van der Waals surface area contributed by atoms with Crippen LogP contribution in [-0.2, 0) is 20.3 Å². The molecule has 1 aromatic carbocycles. The van der Waals surface area contributed by atoms with Crippen LogP contribution in [0.4, 0.5) is 32.8 Å². The summed E-state index contributed by atoms with van der Waals surface area (Å²) >= 11 is 0. The lowest BCUT2D eigenvalue weighted by atomic mass is 10.2. The Balaban J connectivity index is 1.90. The van der Waals surface area contributed by atoms with Gasteiger partial charge < -0.3 is 9.64 Å². The zero-order valence-corrected chi connectivity index (χ0v) is 16.5. The van der Waals surface area contributed by atoms with E-state index in [0.717, 1.165) is 12.1 Å². The van der Waals surface area contributed by atoms with Gasteiger partial charge in [0.15, 0.2) is 0 Å². The van der Waals surface area contributed by atoms with Crippen LogP contribution in [0.1, 0.15) is 5.56 Å². The van der Waals surface area contributed by atoms with Gasteiger partial charge in [-0.05, 0) is 24.6 Å². The number of urea groups is 2. The lowest BCUT2D eigenvalue weighted by molar-refractivity contribution is -0.116. The number of carbonyl (C=O) groups excluding carboxylic acids is 3. The predicted molar refractivity (Wildman–Crippen MR) is 95.8 cm³/mol. The van der Waals surface area contributed by atoms with Crippen molar-refractivity contribution >= 4 is 34.5 Å². The summed E-state index contributed by atoms with van der Waals surface area (Å²) in [5, 5.41) is 0. The number of imide groups is 2. The average Bonchev–Trinajstić information content (AvgIpc) is 2.95. The second-order valence-corrected chi connectivity index (χ2v) is 8.07. The Morgan fingerprint density at radius 3 is 2.43 bits per heavy atom. The first-order valence-electron chi connectivity index (χ1n) is 8.76. The maximum absolute atomic E-state index is 14.5. The van der Waals surface area contributed by atoms with E-state index in [2.05, 4.69) is 0 Å². The molecule has 0 N–H and O–H groups in total. The van der Waals surface area contributed by atoms with E-state index in [1.54, 1.807) is 0 Å². The molecule has 164 valence electrons. The number of hydrogen-bond donors (Lipinski definition) is 0. The van der Waals surface area contributed by atoms with Crippen LogP contribution < -0.4 is 4.90 Å². The number of hydrogen-bond acceptors (Lipinski definition) is 5. The first-order valence-corrected chi connectivity index (χ1v) is 10.1. The van der Waals surface area contributed by atoms with E-state index in [1.165, 1.54) is 11.8 Å². The molecule has 0 aromatic heterocycles. The van der Waals surface area contributed by atoms with Gasteiger partial charge in [-0.25, -0.2) is 23.8 Å². The largest absolute Gasteiger partial charge is 0.400 e. The predicted octanol–water partition coefficient (Wildman–Crippen LogP) is 2.02. The molecule has 0 radical (unpaired) electrons. The number of benzene rings is 1. The van der Waals surface area contributed by atoms with Crippen LogP contribution in [0, 0.1) is 12.7 Å². The van der Waals surface area contributed by atoms with Gasteiger partial charge in [-0.15, -0.1) is 0 Å². The van der Waals surface area contributed by atoms with Gasteiger partial charge in [0.1, 0.15) is 18.1 Å². The van der Waals surface area contributed by atoms with Crippen molar-refractivity contribution in [2.45, 2.75) is 18.0 Å². The molecule has 5 amide bonds. The molecule has 2 aliphatic heterocycles. The third-order valence-corrected chi connectivity index (χ3v) is 6.02. The highest BCUT2D eigenvalue weighted by Crippen LogP contribution is 2.31. The van der Waals surface area contributed by atoms with Crippen LogP contribution in [0.25, 0.3) is 0 Å². The van der Waals surface area contributed by atoms with Crippen molar-refractivity contribution in [2.75, 3.05) is 43.5 Å². The lowest BCUT2D eigenvalue weighted by Gasteiger charge is -2.29. The fourth-order valence-electron chi connectivity index (χ4n) is 3.10. The average molecular weight is 451 g/mol. The molecule has 8 nitrogen and oxygen atoms in total. The number of anilines is 1. The third-order valence-electron chi connectivity index (χ3n) is 4.50. The van der Waals surface area contributed by atoms with Crippen molar-refractivity contribution in [3.63, 3.8) is 0 Å². The summed E-state index contributed by atoms with van der Waals surface area (Å²) in [6.45, 7) is 1.53. The molecule has 0 saturated carbocycles. The number of carbonyl (C=O) groups is 3. The van der Waals surface area contributed by atoms with Crippen LogP contribution in [0.5, 0.6) is 0 Å². The van der Waals surface area contributed by atoms with E-state index in [4.69, 9.17) is 4.74 Å². The quantitative estimate of drug-likeness (QED) is 0.519. The number of nitrogens with zero attached hydrogens (tertiary/aromatic N) is 3. The van der Waals surface area contributed by atoms with Crippen LogP contribution in [0.2, 0.25) is 0 Å². The Hall–Kier alpha value is -2.54. The first kappa shape index (κ1) is 22.2. The Kier molecular flexibility index (Phi) is 6.13. The summed E-state index contributed by atoms with van der Waals surface area (Å²) in [6.07, 6.45) is -4.73. The molecule has 30 heavy (non-hydrogen) atoms. The fourth-order valence-corrected chi connectivity index (χ4v) is 4.21. The number of morpholine rings is 1. The molecule has 1 aromatic rings. The van der Waals surface area contributed by atoms with Crippen LogP contribution >= 0.6 is 0 Å². The van der Waals surface area contributed by atoms with Gasteiger partial charge in [0, 0.05) is 18.0 Å². The number of alkyl halides is 3. The molecule has 1 atom stereocenters. The highest BCUT2D eigenvalue weighted by molar-refractivity contribution is 7.85. The molecular formula is C17H17F4N3O5S.